The number of alkyl halides is 2. The molecule has 0 aliphatic rings. The van der Waals surface area contributed by atoms with E-state index in [1.807, 2.05) is 43.7 Å². The molecule has 0 fully saturated rings. The van der Waals surface area contributed by atoms with E-state index < -0.39 is 37.0 Å². The fourth-order valence-corrected chi connectivity index (χ4v) is 3.98. The second-order valence-corrected chi connectivity index (χ2v) is 9.05. The molecule has 1 aromatic heterocycles. The van der Waals surface area contributed by atoms with Crippen molar-refractivity contribution in [1.82, 2.24) is 14.9 Å². The van der Waals surface area contributed by atoms with Crippen molar-refractivity contribution in [3.05, 3.63) is 24.0 Å². The first-order chi connectivity index (χ1) is 17.0. The van der Waals surface area contributed by atoms with Crippen molar-refractivity contribution in [2.75, 3.05) is 36.3 Å². The molecule has 0 radical (unpaired) electrons. The van der Waals surface area contributed by atoms with Gasteiger partial charge in [-0.05, 0) is 43.9 Å². The Morgan fingerprint density at radius 1 is 1.29 bits per heavy atom. The van der Waals surface area contributed by atoms with Gasteiger partial charge < -0.3 is 25.3 Å². The number of rotatable bonds is 14. The maximum absolute atomic E-state index is 12.7. The summed E-state index contributed by atoms with van der Waals surface area (Å²) in [6.45, 7) is 4.26. The van der Waals surface area contributed by atoms with Gasteiger partial charge >= 0.3 is 5.97 Å². The summed E-state index contributed by atoms with van der Waals surface area (Å²) in [5, 5.41) is 2.73. The first kappa shape index (κ1) is 25.1. The number of nitrogens with two attached hydrogens (primary N) is 1. The molecule has 10 heteroatoms. The van der Waals surface area contributed by atoms with E-state index in [2.05, 4.69) is 5.32 Å². The number of halogens is 2. The van der Waals surface area contributed by atoms with Gasteiger partial charge in [-0.15, -0.1) is 23.2 Å². The van der Waals surface area contributed by atoms with Crippen molar-refractivity contribution in [3.8, 4) is 0 Å². The molecule has 3 N–H and O–H groups in total. The minimum Gasteiger partial charge on any atom is -0.464 e. The molecule has 0 bridgehead atoms. The number of benzene rings is 1. The smallest absolute Gasteiger partial charge is 0.328 e. The highest BCUT2D eigenvalue weighted by Crippen LogP contribution is 2.23. The van der Waals surface area contributed by atoms with Crippen LogP contribution in [0.25, 0.3) is 11.0 Å². The predicted molar refractivity (Wildman–Crippen MR) is 139 cm³/mol. The predicted octanol–water partition coefficient (Wildman–Crippen LogP) is 3.21. The number of aromatic nitrogens is 2. The summed E-state index contributed by atoms with van der Waals surface area (Å²) in [6, 6.07) is 3.95. The number of nitrogens with one attached hydrogen (secondary N) is 1. The quantitative estimate of drug-likeness (QED) is 0.295. The SMILES string of the molecule is [2H]C(CCl)N(c1ccc2c(c1)nc(CC[C@H](N)C(=O)N[C@@H](CC(C)C)C(=O)OCC)n2C)C([2H])CCl. The Balaban J connectivity index is 2.14. The van der Waals surface area contributed by atoms with Gasteiger partial charge in [0, 0.05) is 44.0 Å². The van der Waals surface area contributed by atoms with Crippen LogP contribution in [0.3, 0.4) is 0 Å². The Morgan fingerprint density at radius 3 is 2.56 bits per heavy atom. The van der Waals surface area contributed by atoms with E-state index in [0.717, 1.165) is 11.3 Å². The summed E-state index contributed by atoms with van der Waals surface area (Å²) in [5.74, 6) is 0.134. The molecule has 0 aliphatic heterocycles. The van der Waals surface area contributed by atoms with Crippen LogP contribution in [0.1, 0.15) is 42.2 Å². The van der Waals surface area contributed by atoms with E-state index in [1.165, 1.54) is 0 Å². The standard InChI is InChI=1S/C24H37Cl2N5O3/c1-5-34-24(33)20(14-16(2)3)29-23(32)18(27)7-9-22-28-19-15-17(6-8-21(19)30(22)4)31(12-10-25)13-11-26/h6,8,15-16,18,20H,5,7,9-14,27H2,1-4H3,(H,29,32)/t18-,20-/m0/s1/i12D,13D/t12?,13?,18-,20-. The number of esters is 1. The van der Waals surface area contributed by atoms with Gasteiger partial charge in [-0.25, -0.2) is 9.78 Å². The van der Waals surface area contributed by atoms with Gasteiger partial charge in [0.05, 0.1) is 26.4 Å². The van der Waals surface area contributed by atoms with E-state index in [1.54, 1.807) is 11.8 Å². The number of anilines is 1. The average Bonchev–Trinajstić information content (AvgIpc) is 3.16. The van der Waals surface area contributed by atoms with Gasteiger partial charge in [-0.3, -0.25) is 4.79 Å². The Kier molecular flexibility index (Phi) is 10.1. The van der Waals surface area contributed by atoms with E-state index in [4.69, 9.17) is 41.4 Å². The van der Waals surface area contributed by atoms with E-state index >= 15 is 0 Å². The first-order valence-corrected chi connectivity index (χ1v) is 12.5. The average molecular weight is 517 g/mol. The number of aryl methyl sites for hydroxylation is 2. The molecule has 2 aromatic rings. The van der Waals surface area contributed by atoms with E-state index in [9.17, 15) is 9.59 Å². The van der Waals surface area contributed by atoms with Crippen molar-refractivity contribution < 1.29 is 17.1 Å². The lowest BCUT2D eigenvalue weighted by molar-refractivity contribution is -0.148. The van der Waals surface area contributed by atoms with Crippen molar-refractivity contribution in [3.63, 3.8) is 0 Å². The molecule has 8 nitrogen and oxygen atoms in total. The molecule has 0 saturated heterocycles. The number of nitrogens with zero attached hydrogens (tertiary/aromatic N) is 3. The lowest BCUT2D eigenvalue weighted by Crippen LogP contribution is -2.49. The molecule has 2 unspecified atom stereocenters. The van der Waals surface area contributed by atoms with E-state index in [-0.39, 0.29) is 24.3 Å². The number of ether oxygens (including phenoxy) is 1. The Hall–Kier alpha value is -2.03. The van der Waals surface area contributed by atoms with E-state index in [0.29, 0.717) is 30.5 Å². The van der Waals surface area contributed by atoms with Crippen molar-refractivity contribution in [2.24, 2.45) is 18.7 Å². The minimum atomic E-state index is -0.820. The topological polar surface area (TPSA) is 102 Å². The highest BCUT2D eigenvalue weighted by Gasteiger charge is 2.26. The molecule has 1 aromatic carbocycles. The maximum atomic E-state index is 12.7. The number of carbonyl (C=O) groups excluding carboxylic acids is 2. The maximum Gasteiger partial charge on any atom is 0.328 e. The fraction of sp³-hybridized carbons (Fsp3) is 0.625. The monoisotopic (exact) mass is 515 g/mol. The highest BCUT2D eigenvalue weighted by atomic mass is 35.5. The van der Waals surface area contributed by atoms with Crippen molar-refractivity contribution in [1.29, 1.82) is 0 Å². The number of amides is 1. The summed E-state index contributed by atoms with van der Waals surface area (Å²) < 4.78 is 23.4. The molecule has 34 heavy (non-hydrogen) atoms. The summed E-state index contributed by atoms with van der Waals surface area (Å²) in [7, 11) is 1.88. The third-order valence-electron chi connectivity index (χ3n) is 5.40. The van der Waals surface area contributed by atoms with Gasteiger partial charge in [-0.2, -0.15) is 0 Å². The van der Waals surface area contributed by atoms with Crippen molar-refractivity contribution >= 4 is 51.8 Å². The zero-order valence-corrected chi connectivity index (χ0v) is 21.8. The van der Waals surface area contributed by atoms with Gasteiger partial charge in [0.2, 0.25) is 5.91 Å². The molecule has 2 rings (SSSR count). The van der Waals surface area contributed by atoms with Crippen LogP contribution in [0.2, 0.25) is 0 Å². The van der Waals surface area contributed by atoms with Crippen molar-refractivity contribution in [2.45, 2.75) is 52.1 Å². The number of carbonyl (C=O) groups is 2. The third kappa shape index (κ3) is 7.75. The lowest BCUT2D eigenvalue weighted by atomic mass is 10.0. The molecule has 0 saturated carbocycles. The molecule has 190 valence electrons. The number of imidazole rings is 1. The lowest BCUT2D eigenvalue weighted by Gasteiger charge is -2.22. The van der Waals surface area contributed by atoms with Crippen LogP contribution in [0.15, 0.2) is 18.2 Å². The Bertz CT molecular complexity index is 1010. The molecular weight excluding hydrogens is 477 g/mol. The van der Waals surface area contributed by atoms with Gasteiger partial charge in [0.25, 0.3) is 0 Å². The van der Waals surface area contributed by atoms with Gasteiger partial charge in [0.15, 0.2) is 0 Å². The normalized spacial score (nSPS) is 15.9. The molecule has 0 spiro atoms. The van der Waals surface area contributed by atoms with Crippen LogP contribution in [0.5, 0.6) is 0 Å². The molecule has 0 aliphatic carbocycles. The number of fused-ring (bicyclic) bond motifs is 1. The summed E-state index contributed by atoms with van der Waals surface area (Å²) in [6.07, 6.45) is 1.24. The molecular formula is C24H37Cl2N5O3. The van der Waals surface area contributed by atoms with Gasteiger partial charge in [0.1, 0.15) is 11.9 Å². The second kappa shape index (κ2) is 13.8. The zero-order chi connectivity index (χ0) is 27.0. The minimum absolute atomic E-state index is 0.0336. The third-order valence-corrected chi connectivity index (χ3v) is 5.67. The van der Waals surface area contributed by atoms with Gasteiger partial charge in [-0.1, -0.05) is 13.8 Å². The molecule has 4 atom stereocenters. The van der Waals surface area contributed by atoms with Crippen LogP contribution in [-0.2, 0) is 27.8 Å². The van der Waals surface area contributed by atoms with Crippen LogP contribution in [0.4, 0.5) is 5.69 Å². The summed E-state index contributed by atoms with van der Waals surface area (Å²) in [4.78, 5) is 31.2. The Morgan fingerprint density at radius 2 is 1.97 bits per heavy atom. The van der Waals surface area contributed by atoms with Crippen LogP contribution >= 0.6 is 23.2 Å². The zero-order valence-electron chi connectivity index (χ0n) is 22.3. The number of hydrogen-bond acceptors (Lipinski definition) is 6. The Labute approximate surface area is 214 Å². The largest absolute Gasteiger partial charge is 0.464 e. The van der Waals surface area contributed by atoms with Crippen LogP contribution in [0, 0.1) is 5.92 Å². The second-order valence-electron chi connectivity index (χ2n) is 8.43. The highest BCUT2D eigenvalue weighted by molar-refractivity contribution is 6.18. The first-order valence-electron chi connectivity index (χ1n) is 12.6. The summed E-state index contributed by atoms with van der Waals surface area (Å²) in [5.41, 5.74) is 8.34. The van der Waals surface area contributed by atoms with Crippen LogP contribution < -0.4 is 16.0 Å². The fourth-order valence-electron chi connectivity index (χ4n) is 3.68. The number of hydrogen-bond donors (Lipinski definition) is 2. The molecule has 1 amide bonds. The van der Waals surface area contributed by atoms with Crippen LogP contribution in [-0.4, -0.2) is 64.9 Å². The summed E-state index contributed by atoms with van der Waals surface area (Å²) >= 11 is 11.8. The molecule has 1 heterocycles.